The molecule has 1 aliphatic rings. The number of piperidine rings is 1. The van der Waals surface area contributed by atoms with E-state index in [0.717, 1.165) is 29.4 Å². The normalized spacial score (nSPS) is 19.9. The van der Waals surface area contributed by atoms with E-state index in [1.165, 1.54) is 25.2 Å². The van der Waals surface area contributed by atoms with E-state index >= 15 is 0 Å². The van der Waals surface area contributed by atoms with Crippen LogP contribution in [0.15, 0.2) is 30.6 Å². The molecule has 0 amide bonds. The van der Waals surface area contributed by atoms with Gasteiger partial charge in [-0.05, 0) is 50.6 Å². The largest absolute Gasteiger partial charge is 0.303 e. The first-order chi connectivity index (χ1) is 10.2. The zero-order chi connectivity index (χ0) is 14.8. The second-order valence-corrected chi connectivity index (χ2v) is 6.18. The van der Waals surface area contributed by atoms with Gasteiger partial charge in [-0.25, -0.2) is 4.98 Å². The predicted molar refractivity (Wildman–Crippen MR) is 87.4 cm³/mol. The van der Waals surface area contributed by atoms with Crippen molar-refractivity contribution in [3.63, 3.8) is 0 Å². The van der Waals surface area contributed by atoms with Crippen molar-refractivity contribution >= 4 is 11.6 Å². The molecule has 0 bridgehead atoms. The molecule has 0 N–H and O–H groups in total. The Morgan fingerprint density at radius 1 is 1.38 bits per heavy atom. The molecule has 2 heterocycles. The third-order valence-electron chi connectivity index (χ3n) is 4.49. The van der Waals surface area contributed by atoms with E-state index in [4.69, 9.17) is 11.6 Å². The van der Waals surface area contributed by atoms with Gasteiger partial charge in [-0.2, -0.15) is 0 Å². The molecule has 1 saturated heterocycles. The van der Waals surface area contributed by atoms with Crippen LogP contribution in [-0.2, 0) is 0 Å². The molecule has 2 aromatic rings. The highest BCUT2D eigenvalue weighted by atomic mass is 35.5. The van der Waals surface area contributed by atoms with Crippen LogP contribution in [-0.4, -0.2) is 34.1 Å². The van der Waals surface area contributed by atoms with E-state index in [1.54, 1.807) is 0 Å². The minimum absolute atomic E-state index is 0.507. The lowest BCUT2D eigenvalue weighted by Crippen LogP contribution is -2.35. The summed E-state index contributed by atoms with van der Waals surface area (Å²) >= 11 is 6.27. The summed E-state index contributed by atoms with van der Waals surface area (Å²) in [5, 5.41) is 0.811. The molecule has 0 radical (unpaired) electrons. The Morgan fingerprint density at radius 3 is 3.05 bits per heavy atom. The van der Waals surface area contributed by atoms with Gasteiger partial charge in [0.2, 0.25) is 0 Å². The Kier molecular flexibility index (Phi) is 4.32. The summed E-state index contributed by atoms with van der Waals surface area (Å²) in [6.07, 6.45) is 6.42. The van der Waals surface area contributed by atoms with Crippen LogP contribution in [0.25, 0.3) is 5.69 Å². The van der Waals surface area contributed by atoms with E-state index < -0.39 is 0 Å². The zero-order valence-corrected chi connectivity index (χ0v) is 13.5. The number of aromatic nitrogens is 2. The topological polar surface area (TPSA) is 21.1 Å². The van der Waals surface area contributed by atoms with Crippen molar-refractivity contribution in [1.82, 2.24) is 14.5 Å². The molecule has 0 saturated carbocycles. The summed E-state index contributed by atoms with van der Waals surface area (Å²) < 4.78 is 2.21. The molecule has 1 unspecified atom stereocenters. The summed E-state index contributed by atoms with van der Waals surface area (Å²) in [5.41, 5.74) is 2.25. The van der Waals surface area contributed by atoms with Crippen molar-refractivity contribution < 1.29 is 0 Å². The summed E-state index contributed by atoms with van der Waals surface area (Å²) in [4.78, 5) is 7.16. The van der Waals surface area contributed by atoms with E-state index in [-0.39, 0.29) is 0 Å². The number of imidazole rings is 1. The molecular weight excluding hydrogens is 282 g/mol. The van der Waals surface area contributed by atoms with Gasteiger partial charge in [0.05, 0.1) is 5.69 Å². The van der Waals surface area contributed by atoms with Crippen LogP contribution in [0, 0.1) is 6.92 Å². The fourth-order valence-electron chi connectivity index (χ4n) is 3.23. The first-order valence-corrected chi connectivity index (χ1v) is 8.09. The van der Waals surface area contributed by atoms with Gasteiger partial charge in [0.15, 0.2) is 0 Å². The molecular formula is C17H22ClN3. The van der Waals surface area contributed by atoms with Crippen LogP contribution in [0.1, 0.15) is 37.1 Å². The lowest BCUT2D eigenvalue weighted by Gasteiger charge is -2.31. The molecule has 3 rings (SSSR count). The highest BCUT2D eigenvalue weighted by Gasteiger charge is 2.24. The number of rotatable bonds is 3. The molecule has 1 fully saturated rings. The number of nitrogens with zero attached hydrogens (tertiary/aromatic N) is 3. The van der Waals surface area contributed by atoms with Gasteiger partial charge in [0.1, 0.15) is 5.82 Å². The Hall–Kier alpha value is -1.32. The number of hydrogen-bond acceptors (Lipinski definition) is 2. The maximum atomic E-state index is 6.27. The van der Waals surface area contributed by atoms with Gasteiger partial charge in [0, 0.05) is 29.9 Å². The molecule has 0 aliphatic carbocycles. The van der Waals surface area contributed by atoms with E-state index in [2.05, 4.69) is 40.6 Å². The smallest absolute Gasteiger partial charge is 0.117 e. The number of benzene rings is 1. The minimum Gasteiger partial charge on any atom is -0.303 e. The maximum Gasteiger partial charge on any atom is 0.117 e. The second kappa shape index (κ2) is 6.20. The standard InChI is InChI=1S/C17H22ClN3/c1-3-20-10-5-6-14(12-20)17-19-9-11-21(17)16-8-4-7-15(18)13(16)2/h4,7-9,11,14H,3,5-6,10,12H2,1-2H3. The van der Waals surface area contributed by atoms with Crippen molar-refractivity contribution in [2.24, 2.45) is 0 Å². The van der Waals surface area contributed by atoms with Gasteiger partial charge in [0.25, 0.3) is 0 Å². The third kappa shape index (κ3) is 2.85. The predicted octanol–water partition coefficient (Wildman–Crippen LogP) is 4.03. The first kappa shape index (κ1) is 14.6. The van der Waals surface area contributed by atoms with Crippen molar-refractivity contribution in [3.05, 3.63) is 47.0 Å². The van der Waals surface area contributed by atoms with Crippen LogP contribution in [0.5, 0.6) is 0 Å². The molecule has 21 heavy (non-hydrogen) atoms. The maximum absolute atomic E-state index is 6.27. The lowest BCUT2D eigenvalue weighted by molar-refractivity contribution is 0.213. The van der Waals surface area contributed by atoms with Crippen LogP contribution in [0.4, 0.5) is 0 Å². The summed E-state index contributed by atoms with van der Waals surface area (Å²) in [7, 11) is 0. The van der Waals surface area contributed by atoms with Crippen molar-refractivity contribution in [3.8, 4) is 5.69 Å². The molecule has 3 nitrogen and oxygen atoms in total. The van der Waals surface area contributed by atoms with Gasteiger partial charge < -0.3 is 9.47 Å². The van der Waals surface area contributed by atoms with Gasteiger partial charge in [-0.1, -0.05) is 24.6 Å². The lowest BCUT2D eigenvalue weighted by atomic mass is 9.97. The van der Waals surface area contributed by atoms with E-state index in [9.17, 15) is 0 Å². The van der Waals surface area contributed by atoms with Crippen LogP contribution >= 0.6 is 11.6 Å². The molecule has 0 spiro atoms. The van der Waals surface area contributed by atoms with Crippen LogP contribution in [0.3, 0.4) is 0 Å². The Morgan fingerprint density at radius 2 is 2.24 bits per heavy atom. The fraction of sp³-hybridized carbons (Fsp3) is 0.471. The fourth-order valence-corrected chi connectivity index (χ4v) is 3.40. The van der Waals surface area contributed by atoms with Crippen LogP contribution < -0.4 is 0 Å². The highest BCUT2D eigenvalue weighted by Crippen LogP contribution is 2.29. The van der Waals surface area contributed by atoms with Crippen molar-refractivity contribution in [1.29, 1.82) is 0 Å². The van der Waals surface area contributed by atoms with Gasteiger partial charge >= 0.3 is 0 Å². The average molecular weight is 304 g/mol. The van der Waals surface area contributed by atoms with Gasteiger partial charge in [-0.3, -0.25) is 0 Å². The summed E-state index contributed by atoms with van der Waals surface area (Å²) in [5.74, 6) is 1.67. The van der Waals surface area contributed by atoms with Crippen molar-refractivity contribution in [2.75, 3.05) is 19.6 Å². The first-order valence-electron chi connectivity index (χ1n) is 7.71. The molecule has 1 aliphatic heterocycles. The average Bonchev–Trinajstić information content (AvgIpc) is 2.99. The molecule has 112 valence electrons. The number of hydrogen-bond donors (Lipinski definition) is 0. The molecule has 1 atom stereocenters. The van der Waals surface area contributed by atoms with E-state index in [1.807, 2.05) is 18.3 Å². The monoisotopic (exact) mass is 303 g/mol. The third-order valence-corrected chi connectivity index (χ3v) is 4.90. The number of likely N-dealkylation sites (tertiary alicyclic amines) is 1. The summed E-state index contributed by atoms with van der Waals surface area (Å²) in [6, 6.07) is 6.07. The minimum atomic E-state index is 0.507. The number of halogens is 1. The van der Waals surface area contributed by atoms with Crippen molar-refractivity contribution in [2.45, 2.75) is 32.6 Å². The highest BCUT2D eigenvalue weighted by molar-refractivity contribution is 6.31. The summed E-state index contributed by atoms with van der Waals surface area (Å²) in [6.45, 7) is 7.74. The quantitative estimate of drug-likeness (QED) is 0.853. The van der Waals surface area contributed by atoms with E-state index in [0.29, 0.717) is 5.92 Å². The number of likely N-dealkylation sites (N-methyl/N-ethyl adjacent to an activating group) is 1. The van der Waals surface area contributed by atoms with Gasteiger partial charge in [-0.15, -0.1) is 0 Å². The van der Waals surface area contributed by atoms with Crippen LogP contribution in [0.2, 0.25) is 5.02 Å². The molecule has 1 aromatic carbocycles. The SMILES string of the molecule is CCN1CCCC(c2nccn2-c2cccc(Cl)c2C)C1. The Labute approximate surface area is 131 Å². The Bertz CT molecular complexity index is 620. The molecule has 1 aromatic heterocycles. The zero-order valence-electron chi connectivity index (χ0n) is 12.7. The Balaban J connectivity index is 1.95. The second-order valence-electron chi connectivity index (χ2n) is 5.77. The molecule has 4 heteroatoms.